The lowest BCUT2D eigenvalue weighted by atomic mass is 9.93. The highest BCUT2D eigenvalue weighted by Crippen LogP contribution is 2.27. The minimum Gasteiger partial charge on any atom is -0.393 e. The SMILES string of the molecule is CCc1nc(C(N)=O)c(Nc2cnc3ccccc3c2)nc1NC1CCC(O)CC1. The number of benzene rings is 1. The molecule has 156 valence electrons. The maximum atomic E-state index is 12.0. The summed E-state index contributed by atoms with van der Waals surface area (Å²) in [6.45, 7) is 1.96. The van der Waals surface area contributed by atoms with Crippen molar-refractivity contribution >= 4 is 34.1 Å². The van der Waals surface area contributed by atoms with Gasteiger partial charge >= 0.3 is 0 Å². The summed E-state index contributed by atoms with van der Waals surface area (Å²) in [6.07, 6.45) is 5.33. The summed E-state index contributed by atoms with van der Waals surface area (Å²) in [5.41, 5.74) is 7.96. The molecule has 0 atom stereocenters. The van der Waals surface area contributed by atoms with Gasteiger partial charge in [-0.15, -0.1) is 0 Å². The summed E-state index contributed by atoms with van der Waals surface area (Å²) in [4.78, 5) is 25.7. The first-order valence-corrected chi connectivity index (χ1v) is 10.3. The van der Waals surface area contributed by atoms with Crippen LogP contribution in [-0.4, -0.2) is 38.1 Å². The number of aryl methyl sites for hydroxylation is 1. The highest BCUT2D eigenvalue weighted by Gasteiger charge is 2.23. The van der Waals surface area contributed by atoms with Gasteiger partial charge in [-0.2, -0.15) is 0 Å². The molecule has 30 heavy (non-hydrogen) atoms. The lowest BCUT2D eigenvalue weighted by Crippen LogP contribution is -2.29. The molecule has 0 unspecified atom stereocenters. The Morgan fingerprint density at radius 3 is 2.67 bits per heavy atom. The molecular weight excluding hydrogens is 380 g/mol. The normalized spacial score (nSPS) is 18.9. The monoisotopic (exact) mass is 406 g/mol. The van der Waals surface area contributed by atoms with Crippen molar-refractivity contribution in [2.24, 2.45) is 5.73 Å². The van der Waals surface area contributed by atoms with Crippen LogP contribution in [0.5, 0.6) is 0 Å². The van der Waals surface area contributed by atoms with Crippen LogP contribution >= 0.6 is 0 Å². The minimum atomic E-state index is -0.638. The van der Waals surface area contributed by atoms with Crippen molar-refractivity contribution in [3.05, 3.63) is 47.9 Å². The Morgan fingerprint density at radius 1 is 1.17 bits per heavy atom. The molecule has 0 radical (unpaired) electrons. The van der Waals surface area contributed by atoms with Crippen LogP contribution in [0.4, 0.5) is 17.3 Å². The third-order valence-corrected chi connectivity index (χ3v) is 5.43. The maximum Gasteiger partial charge on any atom is 0.271 e. The summed E-state index contributed by atoms with van der Waals surface area (Å²) >= 11 is 0. The van der Waals surface area contributed by atoms with Crippen molar-refractivity contribution < 1.29 is 9.90 Å². The molecule has 0 saturated heterocycles. The van der Waals surface area contributed by atoms with Crippen LogP contribution in [0.25, 0.3) is 10.9 Å². The molecule has 8 nitrogen and oxygen atoms in total. The van der Waals surface area contributed by atoms with Crippen molar-refractivity contribution in [1.29, 1.82) is 0 Å². The number of nitrogens with one attached hydrogen (secondary N) is 2. The van der Waals surface area contributed by atoms with Gasteiger partial charge in [-0.1, -0.05) is 25.1 Å². The van der Waals surface area contributed by atoms with Crippen LogP contribution in [-0.2, 0) is 6.42 Å². The van der Waals surface area contributed by atoms with Crippen molar-refractivity contribution in [2.45, 2.75) is 51.2 Å². The van der Waals surface area contributed by atoms with Gasteiger partial charge in [0.15, 0.2) is 11.5 Å². The number of hydrogen-bond acceptors (Lipinski definition) is 7. The molecular formula is C22H26N6O2. The third-order valence-electron chi connectivity index (χ3n) is 5.43. The smallest absolute Gasteiger partial charge is 0.271 e. The van der Waals surface area contributed by atoms with Gasteiger partial charge in [0.05, 0.1) is 29.2 Å². The molecule has 1 amide bonds. The molecule has 1 aliphatic rings. The largest absolute Gasteiger partial charge is 0.393 e. The van der Waals surface area contributed by atoms with Crippen molar-refractivity contribution in [1.82, 2.24) is 15.0 Å². The minimum absolute atomic E-state index is 0.102. The highest BCUT2D eigenvalue weighted by molar-refractivity contribution is 5.97. The zero-order valence-corrected chi connectivity index (χ0v) is 16.9. The van der Waals surface area contributed by atoms with Crippen LogP contribution in [0.1, 0.15) is 48.8 Å². The second kappa shape index (κ2) is 8.62. The summed E-state index contributed by atoms with van der Waals surface area (Å²) < 4.78 is 0. The van der Waals surface area contributed by atoms with Crippen LogP contribution < -0.4 is 16.4 Å². The first-order chi connectivity index (χ1) is 14.5. The first kappa shape index (κ1) is 20.0. The van der Waals surface area contributed by atoms with E-state index in [-0.39, 0.29) is 17.8 Å². The van der Waals surface area contributed by atoms with Crippen LogP contribution in [0, 0.1) is 0 Å². The van der Waals surface area contributed by atoms with Gasteiger partial charge < -0.3 is 21.5 Å². The van der Waals surface area contributed by atoms with Gasteiger partial charge in [0.1, 0.15) is 5.82 Å². The van der Waals surface area contributed by atoms with Crippen LogP contribution in [0.15, 0.2) is 36.5 Å². The van der Waals surface area contributed by atoms with Gasteiger partial charge in [-0.3, -0.25) is 9.78 Å². The van der Waals surface area contributed by atoms with Gasteiger partial charge in [0.25, 0.3) is 5.91 Å². The summed E-state index contributed by atoms with van der Waals surface area (Å²) in [7, 11) is 0. The van der Waals surface area contributed by atoms with E-state index in [2.05, 4.69) is 25.6 Å². The molecule has 2 heterocycles. The average molecular weight is 406 g/mol. The number of rotatable bonds is 6. The fraction of sp³-hybridized carbons (Fsp3) is 0.364. The molecule has 5 N–H and O–H groups in total. The number of aliphatic hydroxyl groups excluding tert-OH is 1. The Bertz CT molecular complexity index is 1060. The van der Waals surface area contributed by atoms with E-state index in [1.54, 1.807) is 6.20 Å². The number of nitrogens with zero attached hydrogens (tertiary/aromatic N) is 3. The highest BCUT2D eigenvalue weighted by atomic mass is 16.3. The number of aromatic nitrogens is 3. The van der Waals surface area contributed by atoms with Gasteiger partial charge in [-0.05, 0) is 44.2 Å². The molecule has 2 aromatic heterocycles. The van der Waals surface area contributed by atoms with Gasteiger partial charge in [-0.25, -0.2) is 9.97 Å². The van der Waals surface area contributed by atoms with E-state index in [1.807, 2.05) is 37.3 Å². The number of aliphatic hydroxyl groups is 1. The fourth-order valence-corrected chi connectivity index (χ4v) is 3.78. The molecule has 4 rings (SSSR count). The summed E-state index contributed by atoms with van der Waals surface area (Å²) in [5, 5.41) is 17.3. The molecule has 0 spiro atoms. The average Bonchev–Trinajstić information content (AvgIpc) is 2.75. The molecule has 3 aromatic rings. The zero-order chi connectivity index (χ0) is 21.1. The second-order valence-electron chi connectivity index (χ2n) is 7.63. The number of nitrogens with two attached hydrogens (primary N) is 1. The Labute approximate surface area is 175 Å². The number of amides is 1. The molecule has 1 saturated carbocycles. The Balaban J connectivity index is 1.66. The predicted octanol–water partition coefficient (Wildman–Crippen LogP) is 3.15. The Kier molecular flexibility index (Phi) is 5.76. The number of carbonyl (C=O) groups excluding carboxylic acids is 1. The predicted molar refractivity (Wildman–Crippen MR) is 117 cm³/mol. The zero-order valence-electron chi connectivity index (χ0n) is 16.9. The Hall–Kier alpha value is -3.26. The van der Waals surface area contributed by atoms with Crippen molar-refractivity contribution in [2.75, 3.05) is 10.6 Å². The molecule has 1 aliphatic carbocycles. The second-order valence-corrected chi connectivity index (χ2v) is 7.63. The van der Waals surface area contributed by atoms with E-state index in [1.165, 1.54) is 0 Å². The quantitative estimate of drug-likeness (QED) is 0.495. The molecule has 0 bridgehead atoms. The van der Waals surface area contributed by atoms with E-state index >= 15 is 0 Å². The number of fused-ring (bicyclic) bond motifs is 1. The van der Waals surface area contributed by atoms with E-state index in [0.717, 1.165) is 36.6 Å². The molecule has 0 aliphatic heterocycles. The topological polar surface area (TPSA) is 126 Å². The standard InChI is InChI=1S/C22H26N6O2/c1-2-17-21(25-14-7-9-16(29)10-8-14)28-22(19(27-17)20(23)30)26-15-11-13-5-3-4-6-18(13)24-12-15/h3-6,11-12,14,16,29H,2,7-10H2,1H3,(H2,23,30)(H2,25,26,28). The van der Waals surface area contributed by atoms with E-state index in [0.29, 0.717) is 29.4 Å². The van der Waals surface area contributed by atoms with Crippen molar-refractivity contribution in [3.63, 3.8) is 0 Å². The van der Waals surface area contributed by atoms with Crippen molar-refractivity contribution in [3.8, 4) is 0 Å². The number of primary amides is 1. The number of para-hydroxylation sites is 1. The number of pyridine rings is 1. The maximum absolute atomic E-state index is 12.0. The third kappa shape index (κ3) is 4.33. The van der Waals surface area contributed by atoms with E-state index in [9.17, 15) is 9.90 Å². The fourth-order valence-electron chi connectivity index (χ4n) is 3.78. The number of hydrogen-bond donors (Lipinski definition) is 4. The summed E-state index contributed by atoms with van der Waals surface area (Å²) in [6, 6.07) is 9.94. The van der Waals surface area contributed by atoms with Crippen LogP contribution in [0.2, 0.25) is 0 Å². The van der Waals surface area contributed by atoms with Crippen LogP contribution in [0.3, 0.4) is 0 Å². The number of carbonyl (C=O) groups is 1. The number of anilines is 3. The molecule has 1 fully saturated rings. The molecule has 8 heteroatoms. The summed E-state index contributed by atoms with van der Waals surface area (Å²) in [5.74, 6) is 0.302. The Morgan fingerprint density at radius 2 is 1.93 bits per heavy atom. The van der Waals surface area contributed by atoms with Gasteiger partial charge in [0.2, 0.25) is 0 Å². The first-order valence-electron chi connectivity index (χ1n) is 10.3. The lowest BCUT2D eigenvalue weighted by Gasteiger charge is -2.27. The van der Waals surface area contributed by atoms with E-state index < -0.39 is 5.91 Å². The van der Waals surface area contributed by atoms with E-state index in [4.69, 9.17) is 5.73 Å². The lowest BCUT2D eigenvalue weighted by molar-refractivity contribution is 0.0996. The molecule has 1 aromatic carbocycles. The van der Waals surface area contributed by atoms with Gasteiger partial charge in [0, 0.05) is 11.4 Å².